The van der Waals surface area contributed by atoms with Crippen molar-refractivity contribution in [2.24, 2.45) is 5.14 Å². The lowest BCUT2D eigenvalue weighted by Crippen LogP contribution is -2.12. The lowest BCUT2D eigenvalue weighted by Gasteiger charge is -2.04. The first-order valence-electron chi connectivity index (χ1n) is 5.71. The van der Waals surface area contributed by atoms with Gasteiger partial charge < -0.3 is 4.74 Å². The zero-order valence-electron chi connectivity index (χ0n) is 10.3. The van der Waals surface area contributed by atoms with E-state index in [9.17, 15) is 13.2 Å². The normalized spacial score (nSPS) is 11.2. The van der Waals surface area contributed by atoms with Crippen molar-refractivity contribution in [2.45, 2.75) is 31.1 Å². The molecule has 0 spiro atoms. The Bertz CT molecular complexity index is 493. The lowest BCUT2D eigenvalue weighted by atomic mass is 10.1. The number of carbonyl (C=O) groups is 1. The van der Waals surface area contributed by atoms with Gasteiger partial charge in [-0.15, -0.1) is 0 Å². The summed E-state index contributed by atoms with van der Waals surface area (Å²) in [6.45, 7) is 2.36. The first kappa shape index (κ1) is 14.7. The van der Waals surface area contributed by atoms with Crippen molar-refractivity contribution in [1.29, 1.82) is 0 Å². The highest BCUT2D eigenvalue weighted by atomic mass is 32.2. The Morgan fingerprint density at radius 2 is 1.89 bits per heavy atom. The van der Waals surface area contributed by atoms with Gasteiger partial charge in [0.05, 0.1) is 11.5 Å². The molecular formula is C12H17NO4S. The van der Waals surface area contributed by atoms with Crippen molar-refractivity contribution in [3.8, 4) is 0 Å². The number of benzene rings is 1. The topological polar surface area (TPSA) is 86.5 Å². The summed E-state index contributed by atoms with van der Waals surface area (Å²) < 4.78 is 27.0. The van der Waals surface area contributed by atoms with Gasteiger partial charge >= 0.3 is 5.97 Å². The smallest absolute Gasteiger partial charge is 0.306 e. The quantitative estimate of drug-likeness (QED) is 0.788. The Labute approximate surface area is 107 Å². The second kappa shape index (κ2) is 6.51. The van der Waals surface area contributed by atoms with E-state index in [2.05, 4.69) is 0 Å². The molecule has 0 bridgehead atoms. The molecule has 0 aliphatic heterocycles. The molecular weight excluding hydrogens is 254 g/mol. The molecule has 5 nitrogen and oxygen atoms in total. The number of ether oxygens (including phenoxy) is 1. The highest BCUT2D eigenvalue weighted by Crippen LogP contribution is 2.10. The van der Waals surface area contributed by atoms with Crippen LogP contribution < -0.4 is 5.14 Å². The number of carbonyl (C=O) groups excluding carboxylic acids is 1. The molecule has 1 aromatic rings. The van der Waals surface area contributed by atoms with Crippen molar-refractivity contribution >= 4 is 16.0 Å². The molecule has 0 heterocycles. The van der Waals surface area contributed by atoms with Crippen LogP contribution in [0, 0.1) is 0 Å². The van der Waals surface area contributed by atoms with E-state index >= 15 is 0 Å². The number of aryl methyl sites for hydroxylation is 1. The van der Waals surface area contributed by atoms with Crippen molar-refractivity contribution in [3.05, 3.63) is 29.8 Å². The zero-order chi connectivity index (χ0) is 13.6. The average Bonchev–Trinajstić information content (AvgIpc) is 2.33. The lowest BCUT2D eigenvalue weighted by molar-refractivity contribution is -0.143. The molecule has 0 aliphatic carbocycles. The number of hydrogen-bond acceptors (Lipinski definition) is 4. The third kappa shape index (κ3) is 4.85. The fourth-order valence-electron chi connectivity index (χ4n) is 1.38. The zero-order valence-corrected chi connectivity index (χ0v) is 11.1. The molecule has 0 atom stereocenters. The van der Waals surface area contributed by atoms with Gasteiger partial charge in [0.25, 0.3) is 0 Å². The molecule has 1 rings (SSSR count). The molecule has 0 saturated carbocycles. The molecule has 0 amide bonds. The first-order valence-corrected chi connectivity index (χ1v) is 7.25. The van der Waals surface area contributed by atoms with Gasteiger partial charge in [0.15, 0.2) is 0 Å². The van der Waals surface area contributed by atoms with Crippen molar-refractivity contribution < 1.29 is 17.9 Å². The Morgan fingerprint density at radius 3 is 2.39 bits per heavy atom. The van der Waals surface area contributed by atoms with Gasteiger partial charge in [-0.2, -0.15) is 0 Å². The van der Waals surface area contributed by atoms with Crippen LogP contribution in [0.5, 0.6) is 0 Å². The second-order valence-corrected chi connectivity index (χ2v) is 5.47. The summed E-state index contributed by atoms with van der Waals surface area (Å²) >= 11 is 0. The molecule has 1 aromatic carbocycles. The number of nitrogens with two attached hydrogens (primary N) is 1. The number of rotatable bonds is 6. The number of sulfonamides is 1. The monoisotopic (exact) mass is 271 g/mol. The summed E-state index contributed by atoms with van der Waals surface area (Å²) in [5.74, 6) is -0.243. The maximum Gasteiger partial charge on any atom is 0.306 e. The Kier molecular flexibility index (Phi) is 5.30. The molecule has 0 aliphatic rings. The fraction of sp³-hybridized carbons (Fsp3) is 0.417. The predicted octanol–water partition coefficient (Wildman–Crippen LogP) is 1.22. The number of esters is 1. The van der Waals surface area contributed by atoms with Crippen LogP contribution >= 0.6 is 0 Å². The minimum Gasteiger partial charge on any atom is -0.466 e. The molecule has 0 radical (unpaired) electrons. The molecule has 0 saturated heterocycles. The van der Waals surface area contributed by atoms with Gasteiger partial charge in [0.1, 0.15) is 0 Å². The minimum absolute atomic E-state index is 0.0693. The van der Waals surface area contributed by atoms with Crippen LogP contribution in [0.15, 0.2) is 29.2 Å². The summed E-state index contributed by atoms with van der Waals surface area (Å²) in [7, 11) is -3.65. The van der Waals surface area contributed by atoms with Crippen LogP contribution in [0.4, 0.5) is 0 Å². The van der Waals surface area contributed by atoms with Crippen LogP contribution in [-0.2, 0) is 26.0 Å². The van der Waals surface area contributed by atoms with E-state index < -0.39 is 10.0 Å². The van der Waals surface area contributed by atoms with E-state index in [1.165, 1.54) is 12.1 Å². The molecule has 0 fully saturated rings. The summed E-state index contributed by atoms with van der Waals surface area (Å²) in [5.41, 5.74) is 0.871. The summed E-state index contributed by atoms with van der Waals surface area (Å²) in [6.07, 6.45) is 1.61. The standard InChI is InChI=1S/C12H17NO4S/c1-2-9-17-12(14)8-5-10-3-6-11(7-4-10)18(13,15)16/h3-4,6-7H,2,5,8-9H2,1H3,(H2,13,15,16). The molecule has 6 heteroatoms. The molecule has 0 aromatic heterocycles. The van der Waals surface area contributed by atoms with Crippen LogP contribution in [-0.4, -0.2) is 21.0 Å². The van der Waals surface area contributed by atoms with Gasteiger partial charge in [-0.25, -0.2) is 13.6 Å². The van der Waals surface area contributed by atoms with Gasteiger partial charge in [0, 0.05) is 6.42 Å². The number of hydrogen-bond donors (Lipinski definition) is 1. The summed E-state index contributed by atoms with van der Waals surface area (Å²) in [6, 6.07) is 6.16. The third-order valence-electron chi connectivity index (χ3n) is 2.34. The van der Waals surface area contributed by atoms with Crippen LogP contribution in [0.1, 0.15) is 25.3 Å². The van der Waals surface area contributed by atoms with Gasteiger partial charge in [-0.3, -0.25) is 4.79 Å². The van der Waals surface area contributed by atoms with Gasteiger partial charge in [-0.1, -0.05) is 19.1 Å². The van der Waals surface area contributed by atoms with E-state index in [-0.39, 0.29) is 17.3 Å². The van der Waals surface area contributed by atoms with Gasteiger partial charge in [-0.05, 0) is 30.5 Å². The maximum atomic E-state index is 11.3. The minimum atomic E-state index is -3.65. The molecule has 100 valence electrons. The summed E-state index contributed by atoms with van der Waals surface area (Å²) in [4.78, 5) is 11.3. The molecule has 2 N–H and O–H groups in total. The average molecular weight is 271 g/mol. The van der Waals surface area contributed by atoms with Gasteiger partial charge in [0.2, 0.25) is 10.0 Å². The Morgan fingerprint density at radius 1 is 1.28 bits per heavy atom. The number of primary sulfonamides is 1. The van der Waals surface area contributed by atoms with E-state index in [1.54, 1.807) is 12.1 Å². The van der Waals surface area contributed by atoms with E-state index in [0.29, 0.717) is 13.0 Å². The second-order valence-electron chi connectivity index (χ2n) is 3.91. The van der Waals surface area contributed by atoms with E-state index in [4.69, 9.17) is 9.88 Å². The summed E-state index contributed by atoms with van der Waals surface area (Å²) in [5, 5.41) is 4.98. The van der Waals surface area contributed by atoms with Crippen LogP contribution in [0.3, 0.4) is 0 Å². The predicted molar refractivity (Wildman–Crippen MR) is 67.4 cm³/mol. The molecule has 18 heavy (non-hydrogen) atoms. The fourth-order valence-corrected chi connectivity index (χ4v) is 1.90. The Hall–Kier alpha value is -1.40. The van der Waals surface area contributed by atoms with Crippen molar-refractivity contribution in [2.75, 3.05) is 6.61 Å². The first-order chi connectivity index (χ1) is 8.43. The largest absolute Gasteiger partial charge is 0.466 e. The van der Waals surface area contributed by atoms with E-state index in [1.807, 2.05) is 6.92 Å². The Balaban J connectivity index is 2.52. The maximum absolute atomic E-state index is 11.3. The third-order valence-corrected chi connectivity index (χ3v) is 3.27. The van der Waals surface area contributed by atoms with Crippen LogP contribution in [0.25, 0.3) is 0 Å². The molecule has 0 unspecified atom stereocenters. The van der Waals surface area contributed by atoms with E-state index in [0.717, 1.165) is 12.0 Å². The SMILES string of the molecule is CCCOC(=O)CCc1ccc(S(N)(=O)=O)cc1. The van der Waals surface area contributed by atoms with Crippen LogP contribution in [0.2, 0.25) is 0 Å². The van der Waals surface area contributed by atoms with Crippen molar-refractivity contribution in [3.63, 3.8) is 0 Å². The highest BCUT2D eigenvalue weighted by molar-refractivity contribution is 7.89. The highest BCUT2D eigenvalue weighted by Gasteiger charge is 2.07. The van der Waals surface area contributed by atoms with Crippen molar-refractivity contribution in [1.82, 2.24) is 0 Å².